The van der Waals surface area contributed by atoms with Gasteiger partial charge in [-0.05, 0) is 60.7 Å². The van der Waals surface area contributed by atoms with Crippen LogP contribution in [-0.4, -0.2) is 8.76 Å². The second kappa shape index (κ2) is 6.70. The van der Waals surface area contributed by atoms with Gasteiger partial charge in [0.25, 0.3) is 0 Å². The van der Waals surface area contributed by atoms with Crippen LogP contribution in [0.1, 0.15) is 29.2 Å². The Bertz CT molecular complexity index is 670. The summed E-state index contributed by atoms with van der Waals surface area (Å²) in [4.78, 5) is 0. The minimum Gasteiger partial charge on any atom is -0.755 e. The Balaban J connectivity index is 2.40. The van der Waals surface area contributed by atoms with E-state index in [0.717, 1.165) is 27.8 Å². The van der Waals surface area contributed by atoms with Crippen molar-refractivity contribution in [3.8, 4) is 0 Å². The van der Waals surface area contributed by atoms with E-state index in [1.165, 1.54) is 0 Å². The highest BCUT2D eigenvalue weighted by Gasteiger charge is 2.07. The zero-order valence-corrected chi connectivity index (χ0v) is 13.2. The van der Waals surface area contributed by atoms with E-state index in [1.807, 2.05) is 44.2 Å². The Kier molecular flexibility index (Phi) is 4.94. The minimum atomic E-state index is -2.30. The van der Waals surface area contributed by atoms with Gasteiger partial charge in [0.05, 0.1) is 0 Å². The first kappa shape index (κ1) is 15.5. The van der Waals surface area contributed by atoms with E-state index >= 15 is 0 Å². The monoisotopic (exact) mass is 300 g/mol. The van der Waals surface area contributed by atoms with Gasteiger partial charge in [-0.15, -0.1) is 0 Å². The van der Waals surface area contributed by atoms with Crippen molar-refractivity contribution in [2.75, 3.05) is 4.72 Å². The molecule has 0 aliphatic carbocycles. The van der Waals surface area contributed by atoms with Gasteiger partial charge >= 0.3 is 0 Å². The summed E-state index contributed by atoms with van der Waals surface area (Å²) in [5, 5.41) is 0. The van der Waals surface area contributed by atoms with Crippen LogP contribution in [0.15, 0.2) is 42.5 Å². The van der Waals surface area contributed by atoms with Crippen molar-refractivity contribution in [2.24, 2.45) is 0 Å². The second-order valence-electron chi connectivity index (χ2n) is 5.06. The van der Waals surface area contributed by atoms with Gasteiger partial charge in [0.15, 0.2) is 0 Å². The van der Waals surface area contributed by atoms with Crippen molar-refractivity contribution in [1.82, 2.24) is 0 Å². The molecule has 0 aliphatic rings. The van der Waals surface area contributed by atoms with Crippen molar-refractivity contribution in [2.45, 2.75) is 20.8 Å². The van der Waals surface area contributed by atoms with E-state index in [9.17, 15) is 8.76 Å². The van der Waals surface area contributed by atoms with Crippen LogP contribution in [0.4, 0.5) is 5.69 Å². The summed E-state index contributed by atoms with van der Waals surface area (Å²) in [6, 6.07) is 13.8. The number of benzene rings is 2. The van der Waals surface area contributed by atoms with E-state index in [1.54, 1.807) is 0 Å². The largest absolute Gasteiger partial charge is 0.755 e. The van der Waals surface area contributed by atoms with Crippen molar-refractivity contribution in [3.63, 3.8) is 0 Å². The van der Waals surface area contributed by atoms with E-state index in [4.69, 9.17) is 0 Å². The molecular weight excluding hydrogens is 282 g/mol. The van der Waals surface area contributed by atoms with Crippen molar-refractivity contribution in [3.05, 3.63) is 64.7 Å². The fraction of sp³-hybridized carbons (Fsp3) is 0.176. The highest BCUT2D eigenvalue weighted by atomic mass is 32.2. The van der Waals surface area contributed by atoms with Gasteiger partial charge in [-0.2, -0.15) is 0 Å². The molecule has 0 spiro atoms. The Morgan fingerprint density at radius 1 is 1.14 bits per heavy atom. The smallest absolute Gasteiger partial charge is 0.0458 e. The average Bonchev–Trinajstić information content (AvgIpc) is 2.38. The van der Waals surface area contributed by atoms with Crippen molar-refractivity contribution < 1.29 is 8.76 Å². The lowest BCUT2D eigenvalue weighted by Crippen LogP contribution is -2.04. The van der Waals surface area contributed by atoms with E-state index in [2.05, 4.69) is 29.9 Å². The number of anilines is 1. The standard InChI is InChI=1S/C17H19NO2S/c1-12(9-15-7-5-4-6-8-15)17-13(2)10-16(11-14(17)3)18-21(19)20/h4-11,18H,1-3H3,(H,19,20)/p-1. The molecule has 110 valence electrons. The minimum absolute atomic E-state index is 0.592. The van der Waals surface area contributed by atoms with E-state index in [0.29, 0.717) is 5.69 Å². The van der Waals surface area contributed by atoms with Gasteiger partial charge < -0.3 is 9.27 Å². The number of hydrogen-bond acceptors (Lipinski definition) is 2. The second-order valence-corrected chi connectivity index (χ2v) is 5.73. The summed E-state index contributed by atoms with van der Waals surface area (Å²) in [5.74, 6) is 0. The maximum absolute atomic E-state index is 10.7. The molecule has 1 atom stereocenters. The fourth-order valence-electron chi connectivity index (χ4n) is 2.61. The van der Waals surface area contributed by atoms with Crippen LogP contribution in [0.3, 0.4) is 0 Å². The van der Waals surface area contributed by atoms with Crippen molar-refractivity contribution in [1.29, 1.82) is 0 Å². The summed E-state index contributed by atoms with van der Waals surface area (Å²) in [5.41, 5.74) is 6.15. The van der Waals surface area contributed by atoms with Gasteiger partial charge in [0.1, 0.15) is 0 Å². The SMILES string of the molecule is CC(=Cc1ccccc1)c1c(C)cc(NS(=O)[O-])cc1C. The Labute approximate surface area is 128 Å². The molecule has 2 aromatic carbocycles. The molecule has 0 bridgehead atoms. The third-order valence-corrected chi connectivity index (χ3v) is 3.71. The summed E-state index contributed by atoms with van der Waals surface area (Å²) in [6.07, 6.45) is 2.13. The lowest BCUT2D eigenvalue weighted by molar-refractivity contribution is 0.542. The van der Waals surface area contributed by atoms with Crippen LogP contribution in [0.25, 0.3) is 11.6 Å². The summed E-state index contributed by atoms with van der Waals surface area (Å²) >= 11 is -2.30. The molecule has 0 saturated carbocycles. The molecule has 21 heavy (non-hydrogen) atoms. The van der Waals surface area contributed by atoms with Crippen LogP contribution < -0.4 is 4.72 Å². The number of nitrogens with one attached hydrogen (secondary N) is 1. The third-order valence-electron chi connectivity index (χ3n) is 3.31. The van der Waals surface area contributed by atoms with Crippen LogP contribution in [0, 0.1) is 13.8 Å². The van der Waals surface area contributed by atoms with Gasteiger partial charge in [-0.25, -0.2) is 0 Å². The zero-order chi connectivity index (χ0) is 15.4. The molecule has 1 N–H and O–H groups in total. The topological polar surface area (TPSA) is 52.2 Å². The molecule has 0 heterocycles. The number of rotatable bonds is 4. The van der Waals surface area contributed by atoms with Gasteiger partial charge in [0.2, 0.25) is 0 Å². The highest BCUT2D eigenvalue weighted by molar-refractivity contribution is 7.80. The molecule has 0 saturated heterocycles. The molecule has 3 nitrogen and oxygen atoms in total. The first-order valence-electron chi connectivity index (χ1n) is 6.68. The third kappa shape index (κ3) is 4.03. The lowest BCUT2D eigenvalue weighted by Gasteiger charge is -2.15. The molecule has 4 heteroatoms. The predicted octanol–water partition coefficient (Wildman–Crippen LogP) is 4.07. The maximum atomic E-state index is 10.7. The highest BCUT2D eigenvalue weighted by Crippen LogP contribution is 2.28. The number of allylic oxidation sites excluding steroid dienone is 1. The van der Waals surface area contributed by atoms with Crippen LogP contribution in [-0.2, 0) is 11.3 Å². The molecule has 0 aliphatic heterocycles. The Morgan fingerprint density at radius 2 is 1.71 bits per heavy atom. The summed E-state index contributed by atoms with van der Waals surface area (Å²) < 4.78 is 23.9. The van der Waals surface area contributed by atoms with Gasteiger partial charge in [-0.3, -0.25) is 4.21 Å². The average molecular weight is 300 g/mol. The number of aryl methyl sites for hydroxylation is 2. The van der Waals surface area contributed by atoms with Gasteiger partial charge in [0, 0.05) is 17.0 Å². The normalized spacial score (nSPS) is 13.0. The first-order valence-corrected chi connectivity index (χ1v) is 7.76. The quantitative estimate of drug-likeness (QED) is 0.683. The summed E-state index contributed by atoms with van der Waals surface area (Å²) in [7, 11) is 0. The molecule has 0 aromatic heterocycles. The molecule has 1 unspecified atom stereocenters. The van der Waals surface area contributed by atoms with Crippen LogP contribution >= 0.6 is 0 Å². The van der Waals surface area contributed by atoms with Crippen molar-refractivity contribution >= 4 is 28.6 Å². The van der Waals surface area contributed by atoms with E-state index in [-0.39, 0.29) is 0 Å². The fourth-order valence-corrected chi connectivity index (χ4v) is 2.92. The molecular formula is C17H18NO2S-. The molecule has 0 radical (unpaired) electrons. The molecule has 0 amide bonds. The molecule has 2 rings (SSSR count). The van der Waals surface area contributed by atoms with E-state index < -0.39 is 11.3 Å². The maximum Gasteiger partial charge on any atom is 0.0458 e. The number of hydrogen-bond donors (Lipinski definition) is 1. The molecule has 2 aromatic rings. The Morgan fingerprint density at radius 3 is 2.24 bits per heavy atom. The Hall–Kier alpha value is -1.91. The van der Waals surface area contributed by atoms with Crippen LogP contribution in [0.2, 0.25) is 0 Å². The first-order chi connectivity index (χ1) is 9.97. The zero-order valence-electron chi connectivity index (χ0n) is 12.3. The molecule has 0 fully saturated rings. The lowest BCUT2D eigenvalue weighted by atomic mass is 9.94. The summed E-state index contributed by atoms with van der Waals surface area (Å²) in [6.45, 7) is 6.05. The predicted molar refractivity (Wildman–Crippen MR) is 88.4 cm³/mol. The van der Waals surface area contributed by atoms with Gasteiger partial charge in [-0.1, -0.05) is 36.4 Å². The van der Waals surface area contributed by atoms with Crippen LogP contribution in [0.5, 0.6) is 0 Å².